The number of aromatic amines is 1. The molecule has 0 aliphatic heterocycles. The van der Waals surface area contributed by atoms with Gasteiger partial charge < -0.3 is 20.2 Å². The fourth-order valence-corrected chi connectivity index (χ4v) is 4.25. The number of hydrogen-bond donors (Lipinski definition) is 2. The minimum absolute atomic E-state index is 0.0713. The van der Waals surface area contributed by atoms with E-state index in [-0.39, 0.29) is 24.7 Å². The molecule has 3 N–H and O–H groups in total. The maximum Gasteiger partial charge on any atom is 0.323 e. The van der Waals surface area contributed by atoms with Gasteiger partial charge in [0.2, 0.25) is 10.0 Å². The molecular weight excluding hydrogens is 406 g/mol. The van der Waals surface area contributed by atoms with Crippen LogP contribution in [0.1, 0.15) is 54.2 Å². The number of carbonyl (C=O) groups excluding carboxylic acids is 1. The van der Waals surface area contributed by atoms with E-state index in [1.165, 1.54) is 10.6 Å². The van der Waals surface area contributed by atoms with Gasteiger partial charge in [0.05, 0.1) is 12.4 Å². The molecule has 9 heteroatoms. The van der Waals surface area contributed by atoms with Crippen LogP contribution < -0.4 is 5.73 Å². The first kappa shape index (κ1) is 26.6. The lowest BCUT2D eigenvalue weighted by Crippen LogP contribution is -2.51. The number of nitrogens with two attached hydrogens (primary N) is 1. The number of carbonyl (C=O) groups is 1. The molecule has 0 saturated heterocycles. The zero-order chi connectivity index (χ0) is 23.3. The van der Waals surface area contributed by atoms with E-state index in [1.807, 2.05) is 60.6 Å². The van der Waals surface area contributed by atoms with Crippen LogP contribution in [-0.2, 0) is 30.7 Å². The summed E-state index contributed by atoms with van der Waals surface area (Å²) in [5, 5.41) is 0. The number of H-pyrrole nitrogens is 1. The quantitative estimate of drug-likeness (QED) is 0.534. The summed E-state index contributed by atoms with van der Waals surface area (Å²) in [7, 11) is -3.49. The van der Waals surface area contributed by atoms with Crippen molar-refractivity contribution in [2.75, 3.05) is 19.4 Å². The monoisotopic (exact) mass is 445 g/mol. The smallest absolute Gasteiger partial charge is 0.323 e. The summed E-state index contributed by atoms with van der Waals surface area (Å²) < 4.78 is 37.7. The van der Waals surface area contributed by atoms with Crippen LogP contribution >= 0.6 is 0 Å². The van der Waals surface area contributed by atoms with E-state index in [9.17, 15) is 13.2 Å². The molecule has 30 heavy (non-hydrogen) atoms. The lowest BCUT2D eigenvalue weighted by molar-refractivity contribution is -0.153. The minimum atomic E-state index is -3.49. The second-order valence-electron chi connectivity index (χ2n) is 9.87. The Morgan fingerprint density at radius 2 is 1.83 bits per heavy atom. The van der Waals surface area contributed by atoms with Gasteiger partial charge in [0, 0.05) is 30.4 Å². The Morgan fingerprint density at radius 3 is 2.27 bits per heavy atom. The standard InChI is InChI=1S/C21H39N3O5S/c1-15(20(2,3)4)29-17(13-24(21(5,6)7)30(8,26)27)14-28-19(25)18(22)12-16-10-9-11-23-16/h9-11,15,17-18,23H,12-14,22H2,1-8H3/t15-,17-,18-/m0/s1. The number of hydrogen-bond acceptors (Lipinski definition) is 6. The third kappa shape index (κ3) is 8.75. The summed E-state index contributed by atoms with van der Waals surface area (Å²) in [6.07, 6.45) is 2.44. The van der Waals surface area contributed by atoms with Gasteiger partial charge in [-0.05, 0) is 45.2 Å². The number of nitrogens with one attached hydrogen (secondary N) is 1. The average Bonchev–Trinajstić information content (AvgIpc) is 3.06. The molecule has 0 fully saturated rings. The fourth-order valence-electron chi connectivity index (χ4n) is 2.82. The molecule has 0 aliphatic rings. The van der Waals surface area contributed by atoms with Crippen molar-refractivity contribution < 1.29 is 22.7 Å². The first-order valence-corrected chi connectivity index (χ1v) is 12.0. The summed E-state index contributed by atoms with van der Waals surface area (Å²) in [6.45, 7) is 13.5. The van der Waals surface area contributed by atoms with Crippen molar-refractivity contribution in [3.63, 3.8) is 0 Å². The summed E-state index contributed by atoms with van der Waals surface area (Å²) >= 11 is 0. The van der Waals surface area contributed by atoms with Crippen LogP contribution in [0.15, 0.2) is 18.3 Å². The Kier molecular flexibility index (Phi) is 9.10. The number of ether oxygens (including phenoxy) is 2. The van der Waals surface area contributed by atoms with Crippen molar-refractivity contribution in [2.24, 2.45) is 11.1 Å². The number of sulfonamides is 1. The fraction of sp³-hybridized carbons (Fsp3) is 0.762. The lowest BCUT2D eigenvalue weighted by atomic mass is 9.90. The molecule has 1 rings (SSSR count). The third-order valence-corrected chi connectivity index (χ3v) is 6.45. The molecule has 1 aromatic rings. The van der Waals surface area contributed by atoms with E-state index in [0.29, 0.717) is 6.42 Å². The molecule has 0 saturated carbocycles. The molecule has 0 aliphatic carbocycles. The summed E-state index contributed by atoms with van der Waals surface area (Å²) in [4.78, 5) is 15.4. The van der Waals surface area contributed by atoms with Crippen LogP contribution in [0.5, 0.6) is 0 Å². The van der Waals surface area contributed by atoms with Crippen LogP contribution in [0.4, 0.5) is 0 Å². The van der Waals surface area contributed by atoms with Crippen molar-refractivity contribution in [1.82, 2.24) is 9.29 Å². The Hall–Kier alpha value is -1.42. The maximum absolute atomic E-state index is 12.4. The van der Waals surface area contributed by atoms with E-state index in [1.54, 1.807) is 6.20 Å². The topological polar surface area (TPSA) is 115 Å². The summed E-state index contributed by atoms with van der Waals surface area (Å²) in [5.74, 6) is -0.553. The van der Waals surface area contributed by atoms with E-state index < -0.39 is 33.7 Å². The van der Waals surface area contributed by atoms with Gasteiger partial charge in [-0.3, -0.25) is 4.79 Å². The van der Waals surface area contributed by atoms with Crippen LogP contribution in [0.3, 0.4) is 0 Å². The molecule has 0 aromatic carbocycles. The molecule has 0 bridgehead atoms. The SMILES string of the molecule is C[C@H](O[C@H](COC(=O)[C@@H](N)Cc1ccc[nH]1)CN(C(C)(C)C)S(C)(=O)=O)C(C)(C)C. The van der Waals surface area contributed by atoms with Crippen LogP contribution in [-0.4, -0.2) is 66.9 Å². The largest absolute Gasteiger partial charge is 0.462 e. The van der Waals surface area contributed by atoms with Crippen molar-refractivity contribution in [3.05, 3.63) is 24.0 Å². The van der Waals surface area contributed by atoms with Crippen LogP contribution in [0.2, 0.25) is 0 Å². The van der Waals surface area contributed by atoms with Crippen LogP contribution in [0.25, 0.3) is 0 Å². The third-order valence-electron chi connectivity index (χ3n) is 4.95. The van der Waals surface area contributed by atoms with Crippen molar-refractivity contribution in [2.45, 2.75) is 78.7 Å². The zero-order valence-electron chi connectivity index (χ0n) is 19.6. The van der Waals surface area contributed by atoms with Gasteiger partial charge >= 0.3 is 5.97 Å². The lowest BCUT2D eigenvalue weighted by Gasteiger charge is -2.38. The molecule has 1 aromatic heterocycles. The number of aromatic nitrogens is 1. The number of esters is 1. The van der Waals surface area contributed by atoms with Gasteiger partial charge in [-0.15, -0.1) is 0 Å². The molecule has 3 atom stereocenters. The molecule has 1 heterocycles. The second-order valence-corrected chi connectivity index (χ2v) is 11.8. The maximum atomic E-state index is 12.4. The van der Waals surface area contributed by atoms with E-state index in [2.05, 4.69) is 4.98 Å². The molecule has 8 nitrogen and oxygen atoms in total. The molecule has 0 radical (unpaired) electrons. The van der Waals surface area contributed by atoms with Gasteiger partial charge in [0.1, 0.15) is 18.8 Å². The Balaban J connectivity index is 2.90. The molecule has 0 spiro atoms. The average molecular weight is 446 g/mol. The van der Waals surface area contributed by atoms with E-state index in [4.69, 9.17) is 15.2 Å². The molecule has 174 valence electrons. The van der Waals surface area contributed by atoms with Crippen molar-refractivity contribution >= 4 is 16.0 Å². The van der Waals surface area contributed by atoms with Crippen LogP contribution in [0, 0.1) is 5.41 Å². The highest BCUT2D eigenvalue weighted by Crippen LogP contribution is 2.25. The zero-order valence-corrected chi connectivity index (χ0v) is 20.4. The molecular formula is C21H39N3O5S. The highest BCUT2D eigenvalue weighted by Gasteiger charge is 2.34. The second kappa shape index (κ2) is 10.3. The van der Waals surface area contributed by atoms with E-state index >= 15 is 0 Å². The Morgan fingerprint density at radius 1 is 1.23 bits per heavy atom. The minimum Gasteiger partial charge on any atom is -0.462 e. The van der Waals surface area contributed by atoms with Gasteiger partial charge in [-0.2, -0.15) is 4.31 Å². The highest BCUT2D eigenvalue weighted by molar-refractivity contribution is 7.88. The van der Waals surface area contributed by atoms with Crippen molar-refractivity contribution in [3.8, 4) is 0 Å². The van der Waals surface area contributed by atoms with Gasteiger partial charge in [0.15, 0.2) is 0 Å². The molecule has 0 amide bonds. The number of rotatable bonds is 10. The molecule has 0 unspecified atom stereocenters. The first-order valence-electron chi connectivity index (χ1n) is 10.2. The Labute approximate surface area is 181 Å². The number of nitrogens with zero attached hydrogens (tertiary/aromatic N) is 1. The van der Waals surface area contributed by atoms with E-state index in [0.717, 1.165) is 5.69 Å². The predicted molar refractivity (Wildman–Crippen MR) is 119 cm³/mol. The summed E-state index contributed by atoms with van der Waals surface area (Å²) in [6, 6.07) is 2.85. The predicted octanol–water partition coefficient (Wildman–Crippen LogP) is 2.31. The van der Waals surface area contributed by atoms with Gasteiger partial charge in [-0.25, -0.2) is 8.42 Å². The van der Waals surface area contributed by atoms with Gasteiger partial charge in [-0.1, -0.05) is 20.8 Å². The summed E-state index contributed by atoms with van der Waals surface area (Å²) in [5.41, 5.74) is 5.99. The normalized spacial score (nSPS) is 16.3. The highest BCUT2D eigenvalue weighted by atomic mass is 32.2. The van der Waals surface area contributed by atoms with Gasteiger partial charge in [0.25, 0.3) is 0 Å². The first-order chi connectivity index (χ1) is 13.5. The Bertz CT molecular complexity index is 764. The van der Waals surface area contributed by atoms with Crippen molar-refractivity contribution in [1.29, 1.82) is 0 Å².